The quantitative estimate of drug-likeness (QED) is 0.839. The van der Waals surface area contributed by atoms with Crippen molar-refractivity contribution in [2.75, 3.05) is 0 Å². The van der Waals surface area contributed by atoms with E-state index in [-0.39, 0.29) is 17.6 Å². The second kappa shape index (κ2) is 5.43. The van der Waals surface area contributed by atoms with Crippen molar-refractivity contribution in [1.82, 2.24) is 5.32 Å². The fourth-order valence-electron chi connectivity index (χ4n) is 2.81. The van der Waals surface area contributed by atoms with Gasteiger partial charge in [0.1, 0.15) is 11.6 Å². The molecule has 0 saturated carbocycles. The van der Waals surface area contributed by atoms with Gasteiger partial charge >= 0.3 is 0 Å². The van der Waals surface area contributed by atoms with E-state index in [1.807, 2.05) is 6.07 Å². The first-order valence-electron chi connectivity index (χ1n) is 6.54. The Labute approximate surface area is 125 Å². The lowest BCUT2D eigenvalue weighted by atomic mass is 10.0. The maximum absolute atomic E-state index is 13.8. The van der Waals surface area contributed by atoms with Gasteiger partial charge in [-0.25, -0.2) is 8.78 Å². The van der Waals surface area contributed by atoms with Crippen LogP contribution >= 0.6 is 22.9 Å². The summed E-state index contributed by atoms with van der Waals surface area (Å²) in [6.07, 6.45) is 1.91. The number of thiophene rings is 1. The molecular formula is C15H14ClF2NS. The summed E-state index contributed by atoms with van der Waals surface area (Å²) < 4.78 is 28.3. The van der Waals surface area contributed by atoms with E-state index in [0.29, 0.717) is 0 Å². The highest BCUT2D eigenvalue weighted by molar-refractivity contribution is 7.16. The predicted molar refractivity (Wildman–Crippen MR) is 78.3 cm³/mol. The van der Waals surface area contributed by atoms with Crippen LogP contribution in [0, 0.1) is 11.6 Å². The zero-order chi connectivity index (χ0) is 14.3. The third-order valence-corrected chi connectivity index (χ3v) is 5.07. The SMILES string of the molecule is CC(NC1CCc2sc(Cl)cc21)c1c(F)cccc1F. The third kappa shape index (κ3) is 2.48. The van der Waals surface area contributed by atoms with Gasteiger partial charge in [0, 0.05) is 22.5 Å². The van der Waals surface area contributed by atoms with E-state index in [2.05, 4.69) is 5.32 Å². The van der Waals surface area contributed by atoms with E-state index in [4.69, 9.17) is 11.6 Å². The molecule has 2 atom stereocenters. The van der Waals surface area contributed by atoms with Crippen molar-refractivity contribution in [3.8, 4) is 0 Å². The van der Waals surface area contributed by atoms with Crippen molar-refractivity contribution in [3.63, 3.8) is 0 Å². The second-order valence-electron chi connectivity index (χ2n) is 5.04. The number of aryl methyl sites for hydroxylation is 1. The lowest BCUT2D eigenvalue weighted by Gasteiger charge is -2.21. The molecule has 0 spiro atoms. The topological polar surface area (TPSA) is 12.0 Å². The van der Waals surface area contributed by atoms with E-state index in [9.17, 15) is 8.78 Å². The summed E-state index contributed by atoms with van der Waals surface area (Å²) in [4.78, 5) is 1.27. The number of nitrogens with one attached hydrogen (secondary N) is 1. The summed E-state index contributed by atoms with van der Waals surface area (Å²) in [7, 11) is 0. The Hall–Kier alpha value is -0.970. The Morgan fingerprint density at radius 2 is 2.05 bits per heavy atom. The van der Waals surface area contributed by atoms with E-state index >= 15 is 0 Å². The van der Waals surface area contributed by atoms with E-state index in [1.54, 1.807) is 18.3 Å². The molecule has 0 saturated heterocycles. The molecule has 1 aliphatic rings. The minimum Gasteiger partial charge on any atom is -0.303 e. The van der Waals surface area contributed by atoms with Crippen molar-refractivity contribution in [3.05, 3.63) is 56.2 Å². The van der Waals surface area contributed by atoms with Gasteiger partial charge in [0.15, 0.2) is 0 Å². The average molecular weight is 314 g/mol. The Morgan fingerprint density at radius 3 is 2.75 bits per heavy atom. The van der Waals surface area contributed by atoms with Crippen LogP contribution in [-0.2, 0) is 6.42 Å². The summed E-state index contributed by atoms with van der Waals surface area (Å²) in [5.74, 6) is -1.02. The first-order chi connectivity index (χ1) is 9.56. The molecule has 1 aromatic heterocycles. The van der Waals surface area contributed by atoms with Gasteiger partial charge in [-0.15, -0.1) is 11.3 Å². The molecule has 0 radical (unpaired) electrons. The van der Waals surface area contributed by atoms with Crippen LogP contribution in [0.1, 0.15) is 41.4 Å². The van der Waals surface area contributed by atoms with Crippen LogP contribution in [0.2, 0.25) is 4.34 Å². The fraction of sp³-hybridized carbons (Fsp3) is 0.333. The molecule has 2 aromatic rings. The van der Waals surface area contributed by atoms with Gasteiger partial charge in [0.25, 0.3) is 0 Å². The van der Waals surface area contributed by atoms with Crippen molar-refractivity contribution < 1.29 is 8.78 Å². The third-order valence-electron chi connectivity index (χ3n) is 3.73. The van der Waals surface area contributed by atoms with Crippen molar-refractivity contribution in [1.29, 1.82) is 0 Å². The molecule has 0 fully saturated rings. The van der Waals surface area contributed by atoms with Crippen molar-refractivity contribution >= 4 is 22.9 Å². The molecule has 20 heavy (non-hydrogen) atoms. The molecule has 1 aromatic carbocycles. The van der Waals surface area contributed by atoms with E-state index in [1.165, 1.54) is 28.6 Å². The predicted octanol–water partition coefficient (Wildman–Crippen LogP) is 5.02. The smallest absolute Gasteiger partial charge is 0.130 e. The summed E-state index contributed by atoms with van der Waals surface area (Å²) in [6.45, 7) is 1.79. The highest BCUT2D eigenvalue weighted by Crippen LogP contribution is 2.40. The fourth-order valence-corrected chi connectivity index (χ4v) is 4.17. The van der Waals surface area contributed by atoms with Gasteiger partial charge in [-0.05, 0) is 43.5 Å². The maximum atomic E-state index is 13.8. The van der Waals surface area contributed by atoms with Crippen LogP contribution in [0.3, 0.4) is 0 Å². The minimum atomic E-state index is -0.508. The van der Waals surface area contributed by atoms with Gasteiger partial charge in [-0.3, -0.25) is 0 Å². The molecular weight excluding hydrogens is 300 g/mol. The number of hydrogen-bond donors (Lipinski definition) is 1. The van der Waals surface area contributed by atoms with Gasteiger partial charge in [-0.1, -0.05) is 17.7 Å². The number of fused-ring (bicyclic) bond motifs is 1. The molecule has 0 aliphatic heterocycles. The number of rotatable bonds is 3. The first kappa shape index (κ1) is 14.0. The summed E-state index contributed by atoms with van der Waals surface area (Å²) in [6, 6.07) is 5.65. The standard InChI is InChI=1S/C15H14ClF2NS/c1-8(15-10(17)3-2-4-11(15)18)19-12-5-6-13-9(12)7-14(16)20-13/h2-4,7-8,12,19H,5-6H2,1H3. The molecule has 1 nitrogen and oxygen atoms in total. The number of hydrogen-bond acceptors (Lipinski definition) is 2. The zero-order valence-corrected chi connectivity index (χ0v) is 12.5. The highest BCUT2D eigenvalue weighted by atomic mass is 35.5. The maximum Gasteiger partial charge on any atom is 0.130 e. The molecule has 0 amide bonds. The van der Waals surface area contributed by atoms with Crippen LogP contribution in [0.15, 0.2) is 24.3 Å². The number of halogens is 3. The van der Waals surface area contributed by atoms with E-state index < -0.39 is 11.6 Å². The van der Waals surface area contributed by atoms with Crippen molar-refractivity contribution in [2.24, 2.45) is 0 Å². The summed E-state index contributed by atoms with van der Waals surface area (Å²) in [5.41, 5.74) is 1.27. The van der Waals surface area contributed by atoms with Crippen LogP contribution in [0.5, 0.6) is 0 Å². The molecule has 5 heteroatoms. The zero-order valence-electron chi connectivity index (χ0n) is 10.9. The lowest BCUT2D eigenvalue weighted by Crippen LogP contribution is -2.24. The lowest BCUT2D eigenvalue weighted by molar-refractivity contribution is 0.431. The first-order valence-corrected chi connectivity index (χ1v) is 7.73. The highest BCUT2D eigenvalue weighted by Gasteiger charge is 2.27. The van der Waals surface area contributed by atoms with Crippen molar-refractivity contribution in [2.45, 2.75) is 31.8 Å². The summed E-state index contributed by atoms with van der Waals surface area (Å²) in [5, 5.41) is 3.31. The molecule has 3 rings (SSSR count). The van der Waals surface area contributed by atoms with Crippen LogP contribution in [0.25, 0.3) is 0 Å². The van der Waals surface area contributed by atoms with Gasteiger partial charge in [0.2, 0.25) is 0 Å². The van der Waals surface area contributed by atoms with Gasteiger partial charge in [-0.2, -0.15) is 0 Å². The molecule has 1 aliphatic carbocycles. The number of benzene rings is 1. The largest absolute Gasteiger partial charge is 0.303 e. The minimum absolute atomic E-state index is 0.0993. The van der Waals surface area contributed by atoms with Gasteiger partial charge < -0.3 is 5.32 Å². The molecule has 1 N–H and O–H groups in total. The monoisotopic (exact) mass is 313 g/mol. The summed E-state index contributed by atoms with van der Waals surface area (Å²) >= 11 is 7.61. The van der Waals surface area contributed by atoms with E-state index in [0.717, 1.165) is 17.2 Å². The second-order valence-corrected chi connectivity index (χ2v) is 6.81. The van der Waals surface area contributed by atoms with Crippen LogP contribution in [-0.4, -0.2) is 0 Å². The Kier molecular flexibility index (Phi) is 3.80. The molecule has 0 bridgehead atoms. The Morgan fingerprint density at radius 1 is 1.35 bits per heavy atom. The molecule has 2 unspecified atom stereocenters. The normalized spacial score (nSPS) is 19.1. The molecule has 1 heterocycles. The average Bonchev–Trinajstić information content (AvgIpc) is 2.90. The molecule has 106 valence electrons. The van der Waals surface area contributed by atoms with Crippen LogP contribution < -0.4 is 5.32 Å². The Bertz CT molecular complexity index is 621. The Balaban J connectivity index is 1.82. The van der Waals surface area contributed by atoms with Crippen LogP contribution in [0.4, 0.5) is 8.78 Å². The van der Waals surface area contributed by atoms with Gasteiger partial charge in [0.05, 0.1) is 4.34 Å².